The number of carbonyl (C=O) groups excluding carboxylic acids is 2. The Labute approximate surface area is 146 Å². The molecule has 0 aliphatic rings. The van der Waals surface area contributed by atoms with Crippen molar-refractivity contribution in [2.75, 3.05) is 6.54 Å². The first-order valence-corrected chi connectivity index (χ1v) is 8.61. The quantitative estimate of drug-likeness (QED) is 0.506. The summed E-state index contributed by atoms with van der Waals surface area (Å²) in [7, 11) is 0. The highest BCUT2D eigenvalue weighted by Crippen LogP contribution is 2.20. The molecule has 1 amide bonds. The van der Waals surface area contributed by atoms with Crippen LogP contribution in [0.15, 0.2) is 30.3 Å². The Balaban J connectivity index is 2.64. The van der Waals surface area contributed by atoms with E-state index in [1.807, 2.05) is 65.0 Å². The Morgan fingerprint density at radius 3 is 2.25 bits per heavy atom. The second kappa shape index (κ2) is 8.86. The summed E-state index contributed by atoms with van der Waals surface area (Å²) in [4.78, 5) is 25.2. The standard InChI is InChI=1S/C20H31NO3/c1-19(2,3)24-18(23)21(15-17-11-7-6-8-12-17)14-10-9-13-20(4,5)16-22/h6-8,11-12,16H,9-10,13-15H2,1-5H3. The number of rotatable bonds is 8. The minimum absolute atomic E-state index is 0.291. The van der Waals surface area contributed by atoms with Gasteiger partial charge in [0.1, 0.15) is 11.9 Å². The van der Waals surface area contributed by atoms with Crippen LogP contribution in [-0.4, -0.2) is 29.4 Å². The molecule has 0 fully saturated rings. The molecule has 0 unspecified atom stereocenters. The molecule has 0 bridgehead atoms. The Hall–Kier alpha value is -1.84. The van der Waals surface area contributed by atoms with E-state index < -0.39 is 5.60 Å². The molecule has 1 aromatic rings. The van der Waals surface area contributed by atoms with Gasteiger partial charge in [0.2, 0.25) is 0 Å². The van der Waals surface area contributed by atoms with Crippen LogP contribution in [0.1, 0.15) is 59.4 Å². The first-order valence-electron chi connectivity index (χ1n) is 8.61. The maximum Gasteiger partial charge on any atom is 0.410 e. The van der Waals surface area contributed by atoms with E-state index in [-0.39, 0.29) is 11.5 Å². The molecule has 0 saturated heterocycles. The molecule has 0 spiro atoms. The maximum absolute atomic E-state index is 12.5. The predicted molar refractivity (Wildman–Crippen MR) is 96.8 cm³/mol. The van der Waals surface area contributed by atoms with E-state index in [0.29, 0.717) is 13.1 Å². The van der Waals surface area contributed by atoms with Crippen LogP contribution < -0.4 is 0 Å². The summed E-state index contributed by atoms with van der Waals surface area (Å²) in [5.74, 6) is 0. The first kappa shape index (κ1) is 20.2. The van der Waals surface area contributed by atoms with E-state index in [9.17, 15) is 9.59 Å². The topological polar surface area (TPSA) is 46.6 Å². The number of hydrogen-bond acceptors (Lipinski definition) is 3. The van der Waals surface area contributed by atoms with Crippen LogP contribution in [-0.2, 0) is 16.1 Å². The summed E-state index contributed by atoms with van der Waals surface area (Å²) in [6.45, 7) is 10.7. The Morgan fingerprint density at radius 2 is 1.71 bits per heavy atom. The number of unbranched alkanes of at least 4 members (excludes halogenated alkanes) is 1. The predicted octanol–water partition coefficient (Wildman–Crippen LogP) is 4.82. The van der Waals surface area contributed by atoms with Crippen molar-refractivity contribution in [2.45, 2.75) is 66.0 Å². The number of benzene rings is 1. The SMILES string of the molecule is CC(C)(C=O)CCCCN(Cc1ccccc1)C(=O)OC(C)(C)C. The molecule has 1 aromatic carbocycles. The minimum atomic E-state index is -0.508. The lowest BCUT2D eigenvalue weighted by molar-refractivity contribution is -0.115. The zero-order chi connectivity index (χ0) is 18.2. The summed E-state index contributed by atoms with van der Waals surface area (Å²) in [5, 5.41) is 0. The van der Waals surface area contributed by atoms with Gasteiger partial charge < -0.3 is 14.4 Å². The van der Waals surface area contributed by atoms with Crippen LogP contribution in [0.4, 0.5) is 4.79 Å². The number of aldehydes is 1. The lowest BCUT2D eigenvalue weighted by atomic mass is 9.89. The summed E-state index contributed by atoms with van der Waals surface area (Å²) in [6, 6.07) is 9.91. The van der Waals surface area contributed by atoms with Gasteiger partial charge in [-0.1, -0.05) is 50.6 Å². The normalized spacial score (nSPS) is 11.9. The molecule has 0 radical (unpaired) electrons. The van der Waals surface area contributed by atoms with Gasteiger partial charge in [0.15, 0.2) is 0 Å². The van der Waals surface area contributed by atoms with Gasteiger partial charge in [-0.15, -0.1) is 0 Å². The van der Waals surface area contributed by atoms with E-state index in [2.05, 4.69) is 0 Å². The highest BCUT2D eigenvalue weighted by atomic mass is 16.6. The van der Waals surface area contributed by atoms with Crippen LogP contribution in [0.25, 0.3) is 0 Å². The van der Waals surface area contributed by atoms with Crippen LogP contribution in [0, 0.1) is 5.41 Å². The molecule has 0 atom stereocenters. The monoisotopic (exact) mass is 333 g/mol. The van der Waals surface area contributed by atoms with Crippen molar-refractivity contribution >= 4 is 12.4 Å². The highest BCUT2D eigenvalue weighted by Gasteiger charge is 2.22. The van der Waals surface area contributed by atoms with E-state index in [1.54, 1.807) is 4.90 Å². The fraction of sp³-hybridized carbons (Fsp3) is 0.600. The lowest BCUT2D eigenvalue weighted by Gasteiger charge is -2.28. The average molecular weight is 333 g/mol. The molecular formula is C20H31NO3. The molecule has 0 aromatic heterocycles. The number of ether oxygens (including phenoxy) is 1. The fourth-order valence-electron chi connectivity index (χ4n) is 2.31. The van der Waals surface area contributed by atoms with E-state index in [4.69, 9.17) is 4.74 Å². The smallest absolute Gasteiger partial charge is 0.410 e. The molecule has 134 valence electrons. The van der Waals surface area contributed by atoms with Gasteiger partial charge in [0.25, 0.3) is 0 Å². The van der Waals surface area contributed by atoms with E-state index >= 15 is 0 Å². The molecule has 0 heterocycles. The Kier molecular flexibility index (Phi) is 7.46. The van der Waals surface area contributed by atoms with Crippen LogP contribution in [0.5, 0.6) is 0 Å². The second-order valence-electron chi connectivity index (χ2n) is 7.95. The Bertz CT molecular complexity index is 517. The number of nitrogens with zero attached hydrogens (tertiary/aromatic N) is 1. The number of hydrogen-bond donors (Lipinski definition) is 0. The van der Waals surface area contributed by atoms with Crippen LogP contribution >= 0.6 is 0 Å². The molecule has 0 aliphatic carbocycles. The van der Waals surface area contributed by atoms with Gasteiger partial charge in [-0.3, -0.25) is 0 Å². The molecule has 4 nitrogen and oxygen atoms in total. The average Bonchev–Trinajstić information content (AvgIpc) is 2.49. The van der Waals surface area contributed by atoms with Crippen LogP contribution in [0.3, 0.4) is 0 Å². The van der Waals surface area contributed by atoms with Crippen molar-refractivity contribution in [1.29, 1.82) is 0 Å². The maximum atomic E-state index is 12.5. The highest BCUT2D eigenvalue weighted by molar-refractivity contribution is 5.68. The zero-order valence-electron chi connectivity index (χ0n) is 15.7. The van der Waals surface area contributed by atoms with Crippen LogP contribution in [0.2, 0.25) is 0 Å². The molecule has 4 heteroatoms. The third kappa shape index (κ3) is 8.14. The molecule has 0 aliphatic heterocycles. The third-order valence-corrected chi connectivity index (χ3v) is 3.69. The summed E-state index contributed by atoms with van der Waals surface area (Å²) in [5.41, 5.74) is 0.276. The van der Waals surface area contributed by atoms with Gasteiger partial charge in [-0.25, -0.2) is 4.79 Å². The first-order chi connectivity index (χ1) is 11.1. The van der Waals surface area contributed by atoms with Gasteiger partial charge in [0, 0.05) is 18.5 Å². The molecule has 1 rings (SSSR count). The largest absolute Gasteiger partial charge is 0.444 e. The number of amides is 1. The zero-order valence-corrected chi connectivity index (χ0v) is 15.7. The van der Waals surface area contributed by atoms with Crippen molar-refractivity contribution < 1.29 is 14.3 Å². The van der Waals surface area contributed by atoms with Crippen molar-refractivity contribution in [2.24, 2.45) is 5.41 Å². The van der Waals surface area contributed by atoms with Gasteiger partial charge >= 0.3 is 6.09 Å². The van der Waals surface area contributed by atoms with E-state index in [0.717, 1.165) is 31.1 Å². The Morgan fingerprint density at radius 1 is 1.08 bits per heavy atom. The third-order valence-electron chi connectivity index (χ3n) is 3.69. The van der Waals surface area contributed by atoms with Crippen molar-refractivity contribution in [3.8, 4) is 0 Å². The summed E-state index contributed by atoms with van der Waals surface area (Å²) >= 11 is 0. The molecule has 24 heavy (non-hydrogen) atoms. The summed E-state index contributed by atoms with van der Waals surface area (Å²) in [6.07, 6.45) is 3.29. The molecular weight excluding hydrogens is 302 g/mol. The van der Waals surface area contributed by atoms with Gasteiger partial charge in [-0.05, 0) is 39.2 Å². The van der Waals surface area contributed by atoms with Gasteiger partial charge in [-0.2, -0.15) is 0 Å². The van der Waals surface area contributed by atoms with Crippen molar-refractivity contribution in [1.82, 2.24) is 4.90 Å². The minimum Gasteiger partial charge on any atom is -0.444 e. The van der Waals surface area contributed by atoms with E-state index in [1.165, 1.54) is 0 Å². The summed E-state index contributed by atoms with van der Waals surface area (Å²) < 4.78 is 5.52. The molecule has 0 N–H and O–H groups in total. The number of carbonyl (C=O) groups is 2. The van der Waals surface area contributed by atoms with Crippen molar-refractivity contribution in [3.05, 3.63) is 35.9 Å². The molecule has 0 saturated carbocycles. The van der Waals surface area contributed by atoms with Gasteiger partial charge in [0.05, 0.1) is 0 Å². The second-order valence-corrected chi connectivity index (χ2v) is 7.95. The lowest BCUT2D eigenvalue weighted by Crippen LogP contribution is -2.37. The van der Waals surface area contributed by atoms with Crippen molar-refractivity contribution in [3.63, 3.8) is 0 Å². The fourth-order valence-corrected chi connectivity index (χ4v) is 2.31.